The topological polar surface area (TPSA) is 6.48 Å². The molecule has 2 heteroatoms. The fraction of sp³-hybridized carbons (Fsp3) is 0.250. The minimum Gasteiger partial charge on any atom is -0.347 e. The monoisotopic (exact) mass is 342 g/mol. The summed E-state index contributed by atoms with van der Waals surface area (Å²) in [5, 5.41) is 0. The number of para-hydroxylation sites is 1. The van der Waals surface area contributed by atoms with Crippen LogP contribution in [0.3, 0.4) is 0 Å². The molecule has 1 aliphatic heterocycles. The third kappa shape index (κ3) is 2.81. The first-order valence-electron chi connectivity index (χ1n) is 9.34. The summed E-state index contributed by atoms with van der Waals surface area (Å²) in [6.45, 7) is 4.56. The van der Waals surface area contributed by atoms with Gasteiger partial charge in [-0.1, -0.05) is 78.9 Å². The molecule has 1 saturated heterocycles. The summed E-state index contributed by atoms with van der Waals surface area (Å²) in [6.07, 6.45) is 0.220. The van der Waals surface area contributed by atoms with E-state index in [1.165, 1.54) is 22.4 Å². The summed E-state index contributed by atoms with van der Waals surface area (Å²) in [6, 6.07) is 31.2. The Balaban J connectivity index is 1.85. The molecule has 0 N–H and O–H groups in total. The highest BCUT2D eigenvalue weighted by Gasteiger charge is 2.44. The lowest BCUT2D eigenvalue weighted by Gasteiger charge is -2.33. The molecule has 0 aliphatic carbocycles. The van der Waals surface area contributed by atoms with E-state index in [4.69, 9.17) is 0 Å². The second-order valence-corrected chi connectivity index (χ2v) is 7.24. The van der Waals surface area contributed by atoms with Gasteiger partial charge in [-0.15, -0.1) is 0 Å². The first-order chi connectivity index (χ1) is 12.7. The largest absolute Gasteiger partial charge is 0.347 e. The quantitative estimate of drug-likeness (QED) is 0.613. The molecular formula is C24H26N2. The third-order valence-corrected chi connectivity index (χ3v) is 5.62. The van der Waals surface area contributed by atoms with Crippen LogP contribution in [0.15, 0.2) is 84.9 Å². The Labute approximate surface area is 156 Å². The zero-order chi connectivity index (χ0) is 18.1. The Hall–Kier alpha value is -2.58. The average molecular weight is 342 g/mol. The molecule has 0 radical (unpaired) electrons. The number of benzene rings is 3. The van der Waals surface area contributed by atoms with Crippen molar-refractivity contribution >= 4 is 5.69 Å². The summed E-state index contributed by atoms with van der Waals surface area (Å²) in [4.78, 5) is 5.10. The molecule has 1 fully saturated rings. The number of aryl methyl sites for hydroxylation is 1. The molecule has 4 rings (SSSR count). The van der Waals surface area contributed by atoms with Crippen LogP contribution in [0.4, 0.5) is 5.69 Å². The van der Waals surface area contributed by atoms with Crippen molar-refractivity contribution < 1.29 is 0 Å². The molecule has 0 saturated carbocycles. The predicted molar refractivity (Wildman–Crippen MR) is 109 cm³/mol. The van der Waals surface area contributed by atoms with Gasteiger partial charge in [-0.2, -0.15) is 0 Å². The van der Waals surface area contributed by atoms with E-state index in [-0.39, 0.29) is 6.17 Å². The second kappa shape index (κ2) is 6.97. The standard InChI is InChI=1S/C24H26N2/c1-18-12-10-11-17-22(18)26-19(2)23(20-13-6-4-7-14-20)25(3)24(26)21-15-8-5-9-16-21/h4-17,19,23-24H,1-3H3/t19-,23?,24?/m0/s1. The first kappa shape index (κ1) is 16.9. The van der Waals surface area contributed by atoms with Crippen LogP contribution in [0.25, 0.3) is 0 Å². The Morgan fingerprint density at radius 2 is 1.23 bits per heavy atom. The van der Waals surface area contributed by atoms with Gasteiger partial charge in [0.05, 0.1) is 6.04 Å². The molecule has 26 heavy (non-hydrogen) atoms. The Bertz CT molecular complexity index is 860. The smallest absolute Gasteiger partial charge is 0.109 e. The van der Waals surface area contributed by atoms with E-state index in [0.29, 0.717) is 12.1 Å². The van der Waals surface area contributed by atoms with Gasteiger partial charge < -0.3 is 4.90 Å². The summed E-state index contributed by atoms with van der Waals surface area (Å²) in [7, 11) is 2.25. The predicted octanol–water partition coefficient (Wildman–Crippen LogP) is 5.58. The molecule has 3 atom stereocenters. The van der Waals surface area contributed by atoms with Crippen molar-refractivity contribution in [2.24, 2.45) is 0 Å². The minimum atomic E-state index is 0.220. The molecule has 0 aromatic heterocycles. The summed E-state index contributed by atoms with van der Waals surface area (Å²) in [5.74, 6) is 0. The van der Waals surface area contributed by atoms with Crippen molar-refractivity contribution in [3.05, 3.63) is 102 Å². The Morgan fingerprint density at radius 1 is 0.692 bits per heavy atom. The van der Waals surface area contributed by atoms with Gasteiger partial charge in [0.25, 0.3) is 0 Å². The number of hydrogen-bond donors (Lipinski definition) is 0. The van der Waals surface area contributed by atoms with Gasteiger partial charge in [-0.05, 0) is 43.7 Å². The Morgan fingerprint density at radius 3 is 1.85 bits per heavy atom. The highest BCUT2D eigenvalue weighted by Crippen LogP contribution is 2.46. The van der Waals surface area contributed by atoms with Crippen LogP contribution in [0.5, 0.6) is 0 Å². The van der Waals surface area contributed by atoms with Gasteiger partial charge in [-0.25, -0.2) is 0 Å². The number of nitrogens with zero attached hydrogens (tertiary/aromatic N) is 2. The maximum atomic E-state index is 2.59. The van der Waals surface area contributed by atoms with Crippen LogP contribution in [0, 0.1) is 6.92 Å². The van der Waals surface area contributed by atoms with Crippen LogP contribution >= 0.6 is 0 Å². The maximum absolute atomic E-state index is 2.59. The number of rotatable bonds is 3. The van der Waals surface area contributed by atoms with Crippen molar-refractivity contribution in [1.29, 1.82) is 0 Å². The molecule has 1 heterocycles. The van der Waals surface area contributed by atoms with Crippen molar-refractivity contribution in [2.75, 3.05) is 11.9 Å². The molecule has 3 aromatic carbocycles. The average Bonchev–Trinajstić information content (AvgIpc) is 2.94. The van der Waals surface area contributed by atoms with Crippen molar-refractivity contribution in [3.63, 3.8) is 0 Å². The van der Waals surface area contributed by atoms with E-state index in [0.717, 1.165) is 0 Å². The molecule has 3 aromatic rings. The highest BCUT2D eigenvalue weighted by molar-refractivity contribution is 5.57. The highest BCUT2D eigenvalue weighted by atomic mass is 15.4. The van der Waals surface area contributed by atoms with E-state index in [9.17, 15) is 0 Å². The molecule has 0 amide bonds. The van der Waals surface area contributed by atoms with E-state index < -0.39 is 0 Å². The number of hydrogen-bond acceptors (Lipinski definition) is 2. The first-order valence-corrected chi connectivity index (χ1v) is 9.34. The SMILES string of the molecule is Cc1ccccc1N1C(c2ccccc2)N(C)C(c2ccccc2)[C@@H]1C. The fourth-order valence-corrected chi connectivity index (χ4v) is 4.45. The van der Waals surface area contributed by atoms with Gasteiger partial charge >= 0.3 is 0 Å². The zero-order valence-corrected chi connectivity index (χ0v) is 15.7. The fourth-order valence-electron chi connectivity index (χ4n) is 4.45. The summed E-state index contributed by atoms with van der Waals surface area (Å²) >= 11 is 0. The van der Waals surface area contributed by atoms with Crippen LogP contribution < -0.4 is 4.90 Å². The second-order valence-electron chi connectivity index (χ2n) is 7.24. The molecule has 0 spiro atoms. The summed E-state index contributed by atoms with van der Waals surface area (Å²) < 4.78 is 0. The van der Waals surface area contributed by atoms with Crippen molar-refractivity contribution in [3.8, 4) is 0 Å². The third-order valence-electron chi connectivity index (χ3n) is 5.62. The van der Waals surface area contributed by atoms with Crippen molar-refractivity contribution in [2.45, 2.75) is 32.1 Å². The van der Waals surface area contributed by atoms with Crippen LogP contribution in [-0.4, -0.2) is 18.0 Å². The lowest BCUT2D eigenvalue weighted by atomic mass is 10.00. The lowest BCUT2D eigenvalue weighted by molar-refractivity contribution is 0.242. The van der Waals surface area contributed by atoms with Crippen molar-refractivity contribution in [1.82, 2.24) is 4.90 Å². The van der Waals surface area contributed by atoms with Crippen LogP contribution in [-0.2, 0) is 0 Å². The molecule has 2 unspecified atom stereocenters. The summed E-state index contributed by atoms with van der Waals surface area (Å²) in [5.41, 5.74) is 5.35. The molecular weight excluding hydrogens is 316 g/mol. The lowest BCUT2D eigenvalue weighted by Crippen LogP contribution is -2.32. The molecule has 0 bridgehead atoms. The van der Waals surface area contributed by atoms with Gasteiger partial charge in [0.1, 0.15) is 6.17 Å². The van der Waals surface area contributed by atoms with E-state index in [1.54, 1.807) is 0 Å². The van der Waals surface area contributed by atoms with Gasteiger partial charge in [0.15, 0.2) is 0 Å². The number of anilines is 1. The van der Waals surface area contributed by atoms with Gasteiger partial charge in [0.2, 0.25) is 0 Å². The van der Waals surface area contributed by atoms with E-state index in [1.807, 2.05) is 0 Å². The van der Waals surface area contributed by atoms with E-state index in [2.05, 4.69) is 116 Å². The minimum absolute atomic E-state index is 0.220. The molecule has 132 valence electrons. The maximum Gasteiger partial charge on any atom is 0.109 e. The van der Waals surface area contributed by atoms with Crippen LogP contribution in [0.2, 0.25) is 0 Å². The molecule has 1 aliphatic rings. The van der Waals surface area contributed by atoms with Crippen LogP contribution in [0.1, 0.15) is 35.8 Å². The normalized spacial score (nSPS) is 23.3. The van der Waals surface area contributed by atoms with Gasteiger partial charge in [-0.3, -0.25) is 4.90 Å². The Kier molecular flexibility index (Phi) is 4.52. The number of likely N-dealkylation sites (N-methyl/N-ethyl adjacent to an activating group) is 1. The zero-order valence-electron chi connectivity index (χ0n) is 15.7. The van der Waals surface area contributed by atoms with Gasteiger partial charge in [0, 0.05) is 11.7 Å². The molecule has 2 nitrogen and oxygen atoms in total. The van der Waals surface area contributed by atoms with E-state index >= 15 is 0 Å².